The van der Waals surface area contributed by atoms with Gasteiger partial charge in [-0.2, -0.15) is 4.98 Å². The molecule has 1 amide bonds. The molecule has 0 spiro atoms. The fraction of sp³-hybridized carbons (Fsp3) is 0.286. The lowest BCUT2D eigenvalue weighted by Gasteiger charge is -2.36. The summed E-state index contributed by atoms with van der Waals surface area (Å²) in [5, 5.41) is 4.00. The third-order valence-electron chi connectivity index (χ3n) is 4.81. The Hall–Kier alpha value is -3.15. The van der Waals surface area contributed by atoms with Crippen LogP contribution < -0.4 is 4.90 Å². The van der Waals surface area contributed by atoms with Crippen molar-refractivity contribution in [2.75, 3.05) is 31.1 Å². The minimum atomic E-state index is 0.141. The standard InChI is InChI=1S/C21H22N4O2/c26-20(25-15-13-24(14-16-25)18-9-5-2-6-10-18)12-11-19-22-21(23-27-19)17-7-3-1-4-8-17/h1-10H,11-16H2. The van der Waals surface area contributed by atoms with Crippen LogP contribution in [0.1, 0.15) is 12.3 Å². The van der Waals surface area contributed by atoms with Gasteiger partial charge >= 0.3 is 0 Å². The number of nitrogens with zero attached hydrogens (tertiary/aromatic N) is 4. The average molecular weight is 362 g/mol. The number of rotatable bonds is 5. The molecule has 3 aromatic rings. The second-order valence-electron chi connectivity index (χ2n) is 6.58. The van der Waals surface area contributed by atoms with Gasteiger partial charge in [0.25, 0.3) is 0 Å². The molecule has 27 heavy (non-hydrogen) atoms. The zero-order valence-electron chi connectivity index (χ0n) is 15.1. The summed E-state index contributed by atoms with van der Waals surface area (Å²) in [7, 11) is 0. The van der Waals surface area contributed by atoms with Crippen molar-refractivity contribution in [3.63, 3.8) is 0 Å². The van der Waals surface area contributed by atoms with E-state index in [0.717, 1.165) is 31.7 Å². The first-order valence-electron chi connectivity index (χ1n) is 9.25. The Labute approximate surface area is 158 Å². The summed E-state index contributed by atoms with van der Waals surface area (Å²) in [6.07, 6.45) is 0.860. The Morgan fingerprint density at radius 3 is 2.30 bits per heavy atom. The van der Waals surface area contributed by atoms with E-state index >= 15 is 0 Å². The predicted molar refractivity (Wildman–Crippen MR) is 103 cm³/mol. The van der Waals surface area contributed by atoms with Crippen molar-refractivity contribution < 1.29 is 9.32 Å². The van der Waals surface area contributed by atoms with Crippen molar-refractivity contribution in [3.8, 4) is 11.4 Å². The lowest BCUT2D eigenvalue weighted by Crippen LogP contribution is -2.48. The second kappa shape index (κ2) is 8.03. The number of aromatic nitrogens is 2. The molecule has 1 aliphatic rings. The maximum Gasteiger partial charge on any atom is 0.227 e. The molecule has 1 saturated heterocycles. The zero-order valence-corrected chi connectivity index (χ0v) is 15.1. The van der Waals surface area contributed by atoms with E-state index in [-0.39, 0.29) is 5.91 Å². The van der Waals surface area contributed by atoms with E-state index in [4.69, 9.17) is 4.52 Å². The molecule has 0 radical (unpaired) electrons. The maximum atomic E-state index is 12.5. The highest BCUT2D eigenvalue weighted by Crippen LogP contribution is 2.17. The van der Waals surface area contributed by atoms with Crippen molar-refractivity contribution in [3.05, 3.63) is 66.6 Å². The minimum Gasteiger partial charge on any atom is -0.368 e. The smallest absolute Gasteiger partial charge is 0.227 e. The molecule has 6 heteroatoms. The van der Waals surface area contributed by atoms with Gasteiger partial charge in [0.05, 0.1) is 0 Å². The zero-order chi connectivity index (χ0) is 18.5. The van der Waals surface area contributed by atoms with Gasteiger partial charge < -0.3 is 14.3 Å². The second-order valence-corrected chi connectivity index (χ2v) is 6.58. The van der Waals surface area contributed by atoms with Crippen molar-refractivity contribution in [2.45, 2.75) is 12.8 Å². The van der Waals surface area contributed by atoms with E-state index in [0.29, 0.717) is 24.6 Å². The Morgan fingerprint density at radius 2 is 1.59 bits per heavy atom. The SMILES string of the molecule is O=C(CCc1nc(-c2ccccc2)no1)N1CCN(c2ccccc2)CC1. The fourth-order valence-corrected chi connectivity index (χ4v) is 3.29. The summed E-state index contributed by atoms with van der Waals surface area (Å²) in [5.74, 6) is 1.21. The van der Waals surface area contributed by atoms with Crippen molar-refractivity contribution in [2.24, 2.45) is 0 Å². The average Bonchev–Trinajstić information content (AvgIpc) is 3.22. The number of aryl methyl sites for hydroxylation is 1. The van der Waals surface area contributed by atoms with E-state index in [1.165, 1.54) is 5.69 Å². The van der Waals surface area contributed by atoms with E-state index in [1.54, 1.807) is 0 Å². The normalized spacial score (nSPS) is 14.4. The maximum absolute atomic E-state index is 12.5. The van der Waals surface area contributed by atoms with E-state index in [9.17, 15) is 4.79 Å². The number of amides is 1. The van der Waals surface area contributed by atoms with Crippen LogP contribution in [0.3, 0.4) is 0 Å². The van der Waals surface area contributed by atoms with Gasteiger partial charge in [-0.15, -0.1) is 0 Å². The molecule has 0 unspecified atom stereocenters. The molecule has 0 bridgehead atoms. The number of carbonyl (C=O) groups is 1. The highest BCUT2D eigenvalue weighted by atomic mass is 16.5. The number of anilines is 1. The van der Waals surface area contributed by atoms with Crippen molar-refractivity contribution in [1.29, 1.82) is 0 Å². The lowest BCUT2D eigenvalue weighted by atomic mass is 10.2. The monoisotopic (exact) mass is 362 g/mol. The quantitative estimate of drug-likeness (QED) is 0.698. The van der Waals surface area contributed by atoms with Gasteiger partial charge in [-0.25, -0.2) is 0 Å². The van der Waals surface area contributed by atoms with Crippen LogP contribution in [0.5, 0.6) is 0 Å². The van der Waals surface area contributed by atoms with Crippen LogP contribution >= 0.6 is 0 Å². The van der Waals surface area contributed by atoms with Gasteiger partial charge in [-0.3, -0.25) is 4.79 Å². The molecule has 1 aromatic heterocycles. The van der Waals surface area contributed by atoms with Crippen LogP contribution in [0.25, 0.3) is 11.4 Å². The Morgan fingerprint density at radius 1 is 0.926 bits per heavy atom. The highest BCUT2D eigenvalue weighted by Gasteiger charge is 2.21. The molecule has 1 fully saturated rings. The number of hydrogen-bond acceptors (Lipinski definition) is 5. The van der Waals surface area contributed by atoms with Crippen LogP contribution in [0.15, 0.2) is 65.2 Å². The molecule has 0 atom stereocenters. The molecule has 1 aliphatic heterocycles. The molecule has 0 aliphatic carbocycles. The number of piperazine rings is 1. The summed E-state index contributed by atoms with van der Waals surface area (Å²) in [4.78, 5) is 21.1. The Balaban J connectivity index is 1.27. The van der Waals surface area contributed by atoms with Crippen molar-refractivity contribution in [1.82, 2.24) is 15.0 Å². The molecule has 138 valence electrons. The molecule has 2 aromatic carbocycles. The number of benzene rings is 2. The van der Waals surface area contributed by atoms with Crippen LogP contribution in [0, 0.1) is 0 Å². The summed E-state index contributed by atoms with van der Waals surface area (Å²) in [6.45, 7) is 3.20. The molecule has 4 rings (SSSR count). The topological polar surface area (TPSA) is 62.5 Å². The first-order chi connectivity index (χ1) is 13.3. The van der Waals surface area contributed by atoms with E-state index < -0.39 is 0 Å². The first kappa shape index (κ1) is 17.3. The van der Waals surface area contributed by atoms with Gasteiger partial charge in [-0.1, -0.05) is 53.7 Å². The predicted octanol–water partition coefficient (Wildman–Crippen LogP) is 3.02. The van der Waals surface area contributed by atoms with Crippen LogP contribution in [0.2, 0.25) is 0 Å². The van der Waals surface area contributed by atoms with Crippen LogP contribution in [-0.4, -0.2) is 47.1 Å². The summed E-state index contributed by atoms with van der Waals surface area (Å²) < 4.78 is 5.29. The Bertz CT molecular complexity index is 871. The van der Waals surface area contributed by atoms with Gasteiger partial charge in [0.2, 0.25) is 17.6 Å². The fourth-order valence-electron chi connectivity index (χ4n) is 3.29. The van der Waals surface area contributed by atoms with Crippen LogP contribution in [0.4, 0.5) is 5.69 Å². The van der Waals surface area contributed by atoms with E-state index in [1.807, 2.05) is 53.4 Å². The number of para-hydroxylation sites is 1. The molecule has 0 N–H and O–H groups in total. The molecule has 2 heterocycles. The van der Waals surface area contributed by atoms with Crippen LogP contribution in [-0.2, 0) is 11.2 Å². The minimum absolute atomic E-state index is 0.141. The molecular weight excluding hydrogens is 340 g/mol. The van der Waals surface area contributed by atoms with Crippen molar-refractivity contribution >= 4 is 11.6 Å². The number of carbonyl (C=O) groups excluding carboxylic acids is 1. The first-order valence-corrected chi connectivity index (χ1v) is 9.25. The Kier molecular flexibility index (Phi) is 5.14. The third kappa shape index (κ3) is 4.16. The third-order valence-corrected chi connectivity index (χ3v) is 4.81. The lowest BCUT2D eigenvalue weighted by molar-refractivity contribution is -0.131. The number of hydrogen-bond donors (Lipinski definition) is 0. The summed E-state index contributed by atoms with van der Waals surface area (Å²) in [6, 6.07) is 20.0. The van der Waals surface area contributed by atoms with E-state index in [2.05, 4.69) is 27.2 Å². The molecule has 0 saturated carbocycles. The summed E-state index contributed by atoms with van der Waals surface area (Å²) in [5.41, 5.74) is 2.12. The van der Waals surface area contributed by atoms with Gasteiger partial charge in [0.15, 0.2) is 0 Å². The van der Waals surface area contributed by atoms with Gasteiger partial charge in [0, 0.05) is 50.3 Å². The molecular formula is C21H22N4O2. The van der Waals surface area contributed by atoms with Gasteiger partial charge in [0.1, 0.15) is 0 Å². The van der Waals surface area contributed by atoms with Gasteiger partial charge in [-0.05, 0) is 12.1 Å². The molecule has 6 nitrogen and oxygen atoms in total. The summed E-state index contributed by atoms with van der Waals surface area (Å²) >= 11 is 0. The largest absolute Gasteiger partial charge is 0.368 e. The highest BCUT2D eigenvalue weighted by molar-refractivity contribution is 5.76.